The number of carbonyl (C=O) groups excluding carboxylic acids is 1. The Morgan fingerprint density at radius 2 is 2.08 bits per heavy atom. The first-order chi connectivity index (χ1) is 11.7. The number of hydrogen-bond acceptors (Lipinski definition) is 6. The van der Waals surface area contributed by atoms with Gasteiger partial charge in [0.25, 0.3) is 0 Å². The fraction of sp³-hybridized carbons (Fsp3) is 0.529. The molecule has 3 rings (SSSR count). The van der Waals surface area contributed by atoms with Crippen molar-refractivity contribution >= 4 is 11.7 Å². The van der Waals surface area contributed by atoms with E-state index in [1.807, 2.05) is 24.3 Å². The van der Waals surface area contributed by atoms with Gasteiger partial charge in [-0.1, -0.05) is 12.1 Å². The molecule has 24 heavy (non-hydrogen) atoms. The standard InChI is InChI=1S/C17H21NO6/c1-3-22-17(19)14-16-13(5-4-10-23-16)15(24-18(14)20)11-6-8-12(21-2)9-7-11/h6-9,13,15-16H,3-5,10H2,1-2H3/t13-,15-,16+/m1/s1. The van der Waals surface area contributed by atoms with Crippen molar-refractivity contribution in [3.05, 3.63) is 35.0 Å². The predicted molar refractivity (Wildman–Crippen MR) is 84.6 cm³/mol. The van der Waals surface area contributed by atoms with Crippen LogP contribution in [-0.4, -0.2) is 43.0 Å². The maximum atomic E-state index is 12.3. The lowest BCUT2D eigenvalue weighted by Crippen LogP contribution is -2.51. The Morgan fingerprint density at radius 3 is 2.75 bits per heavy atom. The number of nitrogens with zero attached hydrogens (tertiary/aromatic N) is 1. The van der Waals surface area contributed by atoms with Crippen LogP contribution in [0.25, 0.3) is 0 Å². The van der Waals surface area contributed by atoms with E-state index in [0.717, 1.165) is 24.2 Å². The van der Waals surface area contributed by atoms with Gasteiger partial charge in [0.1, 0.15) is 5.75 Å². The van der Waals surface area contributed by atoms with Gasteiger partial charge < -0.3 is 19.0 Å². The molecular formula is C17H21NO6. The molecule has 2 heterocycles. The summed E-state index contributed by atoms with van der Waals surface area (Å²) >= 11 is 0. The maximum Gasteiger partial charge on any atom is 0.408 e. The second-order valence-corrected chi connectivity index (χ2v) is 5.76. The van der Waals surface area contributed by atoms with E-state index >= 15 is 0 Å². The van der Waals surface area contributed by atoms with Crippen LogP contribution in [0, 0.1) is 11.1 Å². The Labute approximate surface area is 140 Å². The lowest BCUT2D eigenvalue weighted by Gasteiger charge is -2.39. The number of hydrogen-bond donors (Lipinski definition) is 0. The van der Waals surface area contributed by atoms with Crippen LogP contribution in [0.15, 0.2) is 24.3 Å². The van der Waals surface area contributed by atoms with Crippen LogP contribution in [0.4, 0.5) is 0 Å². The Kier molecular flexibility index (Phi) is 4.89. The SMILES string of the molecule is CCOC(=O)C1=[N+]([O-])O[C@H](c2ccc(OC)cc2)[C@H]2CCCO[C@H]12. The molecule has 0 aromatic heterocycles. The summed E-state index contributed by atoms with van der Waals surface area (Å²) in [5, 5.41) is 12.3. The van der Waals surface area contributed by atoms with Crippen molar-refractivity contribution in [3.63, 3.8) is 0 Å². The summed E-state index contributed by atoms with van der Waals surface area (Å²) in [5.41, 5.74) is 0.742. The summed E-state index contributed by atoms with van der Waals surface area (Å²) in [6, 6.07) is 7.35. The first kappa shape index (κ1) is 16.6. The van der Waals surface area contributed by atoms with E-state index < -0.39 is 18.2 Å². The average molecular weight is 335 g/mol. The van der Waals surface area contributed by atoms with Crippen LogP contribution in [0.3, 0.4) is 0 Å². The third-order valence-corrected chi connectivity index (χ3v) is 4.36. The zero-order valence-corrected chi connectivity index (χ0v) is 13.8. The molecule has 2 aliphatic heterocycles. The molecule has 1 aromatic rings. The lowest BCUT2D eigenvalue weighted by molar-refractivity contribution is -0.765. The monoisotopic (exact) mass is 335 g/mol. The highest BCUT2D eigenvalue weighted by Gasteiger charge is 2.49. The third-order valence-electron chi connectivity index (χ3n) is 4.36. The lowest BCUT2D eigenvalue weighted by atomic mass is 9.82. The van der Waals surface area contributed by atoms with Gasteiger partial charge in [-0.15, -0.1) is 0 Å². The molecular weight excluding hydrogens is 314 g/mol. The van der Waals surface area contributed by atoms with Crippen LogP contribution >= 0.6 is 0 Å². The van der Waals surface area contributed by atoms with Crippen LogP contribution in [0.5, 0.6) is 5.75 Å². The topological polar surface area (TPSA) is 80.1 Å². The smallest absolute Gasteiger partial charge is 0.408 e. The number of carbonyl (C=O) groups is 1. The van der Waals surface area contributed by atoms with Gasteiger partial charge in [0.2, 0.25) is 0 Å². The van der Waals surface area contributed by atoms with Gasteiger partial charge in [-0.3, -0.25) is 5.21 Å². The van der Waals surface area contributed by atoms with E-state index in [-0.39, 0.29) is 23.1 Å². The number of methoxy groups -OCH3 is 1. The van der Waals surface area contributed by atoms with Gasteiger partial charge in [0, 0.05) is 12.5 Å². The summed E-state index contributed by atoms with van der Waals surface area (Å²) in [7, 11) is 1.59. The minimum absolute atomic E-state index is 0.105. The van der Waals surface area contributed by atoms with E-state index in [2.05, 4.69) is 0 Å². The second kappa shape index (κ2) is 7.09. The van der Waals surface area contributed by atoms with Gasteiger partial charge in [0.15, 0.2) is 6.10 Å². The Bertz CT molecular complexity index is 626. The largest absolute Gasteiger partial charge is 0.497 e. The maximum absolute atomic E-state index is 12.3. The van der Waals surface area contributed by atoms with Gasteiger partial charge in [-0.05, 0) is 37.5 Å². The van der Waals surface area contributed by atoms with Crippen LogP contribution in [0.1, 0.15) is 31.4 Å². The molecule has 0 saturated carbocycles. The molecule has 130 valence electrons. The summed E-state index contributed by atoms with van der Waals surface area (Å²) < 4.78 is 15.9. The van der Waals surface area contributed by atoms with Gasteiger partial charge in [-0.25, -0.2) is 4.79 Å². The van der Waals surface area contributed by atoms with Crippen molar-refractivity contribution in [1.29, 1.82) is 0 Å². The molecule has 0 aliphatic carbocycles. The van der Waals surface area contributed by atoms with Gasteiger partial charge in [0.05, 0.1) is 24.7 Å². The molecule has 7 heteroatoms. The molecule has 0 bridgehead atoms. The number of benzene rings is 1. The van der Waals surface area contributed by atoms with Crippen molar-refractivity contribution in [2.75, 3.05) is 20.3 Å². The highest BCUT2D eigenvalue weighted by atomic mass is 16.9. The predicted octanol–water partition coefficient (Wildman–Crippen LogP) is 1.99. The molecule has 3 atom stereocenters. The van der Waals surface area contributed by atoms with Gasteiger partial charge in [-0.2, -0.15) is 0 Å². The summed E-state index contributed by atoms with van der Waals surface area (Å²) in [5.74, 6) is -0.0712. The Hall–Kier alpha value is -2.28. The molecule has 2 aliphatic rings. The quantitative estimate of drug-likeness (QED) is 0.618. The molecule has 1 saturated heterocycles. The van der Waals surface area contributed by atoms with Crippen LogP contribution in [-0.2, 0) is 19.1 Å². The molecule has 0 radical (unpaired) electrons. The summed E-state index contributed by atoms with van der Waals surface area (Å²) in [6.07, 6.45) is 0.567. The van der Waals surface area contributed by atoms with Crippen molar-refractivity contribution < 1.29 is 28.7 Å². The average Bonchev–Trinajstić information content (AvgIpc) is 2.61. The normalized spacial score (nSPS) is 26.3. The summed E-state index contributed by atoms with van der Waals surface area (Å²) in [4.78, 5) is 17.9. The first-order valence-corrected chi connectivity index (χ1v) is 8.09. The van der Waals surface area contributed by atoms with Crippen LogP contribution < -0.4 is 4.74 Å². The zero-order valence-electron chi connectivity index (χ0n) is 13.8. The third kappa shape index (κ3) is 3.03. The molecule has 0 amide bonds. The van der Waals surface area contributed by atoms with Crippen molar-refractivity contribution in [1.82, 2.24) is 0 Å². The fourth-order valence-electron chi connectivity index (χ4n) is 3.24. The minimum Gasteiger partial charge on any atom is -0.497 e. The van der Waals surface area contributed by atoms with Crippen molar-refractivity contribution in [2.45, 2.75) is 32.0 Å². The van der Waals surface area contributed by atoms with E-state index in [0.29, 0.717) is 6.61 Å². The van der Waals surface area contributed by atoms with Crippen LogP contribution in [0.2, 0.25) is 0 Å². The fourth-order valence-corrected chi connectivity index (χ4v) is 3.24. The highest BCUT2D eigenvalue weighted by molar-refractivity contribution is 6.36. The number of fused-ring (bicyclic) bond motifs is 1. The van der Waals surface area contributed by atoms with Crippen molar-refractivity contribution in [2.24, 2.45) is 5.92 Å². The number of ether oxygens (including phenoxy) is 3. The molecule has 0 N–H and O–H groups in total. The molecule has 0 spiro atoms. The first-order valence-electron chi connectivity index (χ1n) is 8.09. The molecule has 0 unspecified atom stereocenters. The van der Waals surface area contributed by atoms with E-state index in [1.165, 1.54) is 0 Å². The van der Waals surface area contributed by atoms with E-state index in [4.69, 9.17) is 19.0 Å². The van der Waals surface area contributed by atoms with E-state index in [1.54, 1.807) is 14.0 Å². The zero-order chi connectivity index (χ0) is 17.1. The Balaban J connectivity index is 1.93. The molecule has 7 nitrogen and oxygen atoms in total. The molecule has 1 fully saturated rings. The summed E-state index contributed by atoms with van der Waals surface area (Å²) in [6.45, 7) is 2.39. The second-order valence-electron chi connectivity index (χ2n) is 5.76. The number of rotatable bonds is 4. The van der Waals surface area contributed by atoms with E-state index in [9.17, 15) is 10.0 Å². The Morgan fingerprint density at radius 1 is 1.33 bits per heavy atom. The number of esters is 1. The molecule has 1 aromatic carbocycles. The van der Waals surface area contributed by atoms with Gasteiger partial charge >= 0.3 is 11.7 Å². The minimum atomic E-state index is -0.683. The highest BCUT2D eigenvalue weighted by Crippen LogP contribution is 2.39. The van der Waals surface area contributed by atoms with Crippen molar-refractivity contribution in [3.8, 4) is 5.75 Å².